The molecule has 0 aromatic rings. The third kappa shape index (κ3) is 41.3. The van der Waals surface area contributed by atoms with E-state index in [2.05, 4.69) is 112 Å². The fourth-order valence-corrected chi connectivity index (χ4v) is 5.48. The molecule has 0 fully saturated rings. The highest BCUT2D eigenvalue weighted by Gasteiger charge is 2.19. The number of rotatable bonds is 37. The second-order valence-corrected chi connectivity index (χ2v) is 13.9. The number of esters is 3. The molecule has 0 aliphatic carbocycles. The van der Waals surface area contributed by atoms with Gasteiger partial charge in [0, 0.05) is 19.3 Å². The number of ether oxygens (including phenoxy) is 3. The summed E-state index contributed by atoms with van der Waals surface area (Å²) in [5.74, 6) is -0.987. The molecule has 1 unspecified atom stereocenters. The van der Waals surface area contributed by atoms with Gasteiger partial charge < -0.3 is 14.2 Å². The van der Waals surface area contributed by atoms with E-state index in [0.29, 0.717) is 19.3 Å². The molecule has 0 aliphatic rings. The molecule has 0 N–H and O–H groups in total. The zero-order chi connectivity index (χ0) is 40.1. The molecule has 0 amide bonds. The molecule has 0 rings (SSSR count). The van der Waals surface area contributed by atoms with Crippen LogP contribution < -0.4 is 0 Å². The van der Waals surface area contributed by atoms with Crippen molar-refractivity contribution in [3.8, 4) is 0 Å². The summed E-state index contributed by atoms with van der Waals surface area (Å²) >= 11 is 0. The Labute approximate surface area is 337 Å². The van der Waals surface area contributed by atoms with Crippen molar-refractivity contribution in [3.05, 3.63) is 97.2 Å². The normalized spacial score (nSPS) is 13.0. The van der Waals surface area contributed by atoms with Gasteiger partial charge in [0.05, 0.1) is 0 Å². The lowest BCUT2D eigenvalue weighted by molar-refractivity contribution is -0.167. The van der Waals surface area contributed by atoms with Crippen molar-refractivity contribution in [1.29, 1.82) is 0 Å². The maximum atomic E-state index is 12.7. The fourth-order valence-electron chi connectivity index (χ4n) is 5.48. The Morgan fingerprint density at radius 1 is 0.382 bits per heavy atom. The van der Waals surface area contributed by atoms with E-state index in [-0.39, 0.29) is 31.1 Å². The average Bonchev–Trinajstić information content (AvgIpc) is 3.18. The van der Waals surface area contributed by atoms with Crippen LogP contribution in [0, 0.1) is 0 Å². The van der Waals surface area contributed by atoms with E-state index in [1.54, 1.807) is 0 Å². The Hall–Kier alpha value is -3.67. The van der Waals surface area contributed by atoms with Gasteiger partial charge in [-0.15, -0.1) is 0 Å². The molecule has 0 saturated carbocycles. The Morgan fingerprint density at radius 3 is 1.24 bits per heavy atom. The molecule has 1 atom stereocenters. The van der Waals surface area contributed by atoms with Crippen molar-refractivity contribution < 1.29 is 28.6 Å². The van der Waals surface area contributed by atoms with Crippen LogP contribution in [-0.4, -0.2) is 37.2 Å². The van der Waals surface area contributed by atoms with Crippen LogP contribution in [0.1, 0.15) is 175 Å². The van der Waals surface area contributed by atoms with E-state index in [1.807, 2.05) is 6.08 Å². The van der Waals surface area contributed by atoms with Crippen LogP contribution in [0.15, 0.2) is 97.2 Å². The Kier molecular flexibility index (Phi) is 40.2. The van der Waals surface area contributed by atoms with Gasteiger partial charge in [-0.2, -0.15) is 0 Å². The van der Waals surface area contributed by atoms with Crippen molar-refractivity contribution in [3.63, 3.8) is 0 Å². The van der Waals surface area contributed by atoms with E-state index in [0.717, 1.165) is 109 Å². The van der Waals surface area contributed by atoms with Gasteiger partial charge >= 0.3 is 17.9 Å². The van der Waals surface area contributed by atoms with E-state index >= 15 is 0 Å². The SMILES string of the molecule is CC\C=C/C=C\C=C/CCCCCCCCCC(=O)OCC(COC(=O)CCCC/C=C\C/C=C\CC)OC(=O)CCCCCCC\C=C/C=C\C=C/CC. The first-order valence-electron chi connectivity index (χ1n) is 21.8. The van der Waals surface area contributed by atoms with Crippen LogP contribution in [0.2, 0.25) is 0 Å². The maximum absolute atomic E-state index is 12.7. The first-order valence-corrected chi connectivity index (χ1v) is 21.8. The van der Waals surface area contributed by atoms with Gasteiger partial charge in [0.15, 0.2) is 6.10 Å². The number of hydrogen-bond acceptors (Lipinski definition) is 6. The van der Waals surface area contributed by atoms with Crippen molar-refractivity contribution >= 4 is 17.9 Å². The zero-order valence-corrected chi connectivity index (χ0v) is 35.1. The van der Waals surface area contributed by atoms with Crippen LogP contribution in [0.3, 0.4) is 0 Å². The first-order chi connectivity index (χ1) is 27.0. The second kappa shape index (κ2) is 43.1. The third-order valence-corrected chi connectivity index (χ3v) is 8.69. The summed E-state index contributed by atoms with van der Waals surface area (Å²) in [6.45, 7) is 6.16. The molecule has 0 heterocycles. The average molecular weight is 763 g/mol. The van der Waals surface area contributed by atoms with Crippen molar-refractivity contribution in [2.75, 3.05) is 13.2 Å². The number of carbonyl (C=O) groups excluding carboxylic acids is 3. The number of carbonyl (C=O) groups is 3. The van der Waals surface area contributed by atoms with Crippen LogP contribution in [0.25, 0.3) is 0 Å². The maximum Gasteiger partial charge on any atom is 0.306 e. The summed E-state index contributed by atoms with van der Waals surface area (Å²) in [7, 11) is 0. The molecule has 0 radical (unpaired) electrons. The van der Waals surface area contributed by atoms with Gasteiger partial charge in [-0.1, -0.05) is 169 Å². The number of hydrogen-bond donors (Lipinski definition) is 0. The molecule has 0 spiro atoms. The molecule has 0 aliphatic heterocycles. The summed E-state index contributed by atoms with van der Waals surface area (Å²) in [6, 6.07) is 0. The minimum Gasteiger partial charge on any atom is -0.462 e. The summed E-state index contributed by atoms with van der Waals surface area (Å²) < 4.78 is 16.6. The molecule has 0 aromatic heterocycles. The van der Waals surface area contributed by atoms with Crippen LogP contribution in [0.4, 0.5) is 0 Å². The quantitative estimate of drug-likeness (QED) is 0.0206. The molecule has 6 heteroatoms. The molecular formula is C49H78O6. The highest BCUT2D eigenvalue weighted by molar-refractivity contribution is 5.71. The van der Waals surface area contributed by atoms with E-state index in [9.17, 15) is 14.4 Å². The predicted molar refractivity (Wildman–Crippen MR) is 233 cm³/mol. The molecule has 6 nitrogen and oxygen atoms in total. The largest absolute Gasteiger partial charge is 0.462 e. The Balaban J connectivity index is 4.45. The number of unbranched alkanes of at least 4 members (excludes halogenated alkanes) is 14. The minimum atomic E-state index is -0.804. The standard InChI is InChI=1S/C49H78O6/c1-4-7-10-13-16-19-21-23-24-26-27-30-33-36-39-42-48(51)54-45-46(44-53-47(50)41-38-35-32-29-18-15-12-9-6-3)55-49(52)43-40-37-34-31-28-25-22-20-17-14-11-8-5-2/h7-14,16-22,29,46H,4-6,15,23-28,30-45H2,1-3H3/b10-7-,11-8-,12-9-,16-13-,17-14-,21-19-,22-20-,29-18-. The van der Waals surface area contributed by atoms with Crippen molar-refractivity contribution in [1.82, 2.24) is 0 Å². The lowest BCUT2D eigenvalue weighted by Gasteiger charge is -2.18. The van der Waals surface area contributed by atoms with Gasteiger partial charge in [0.25, 0.3) is 0 Å². The van der Waals surface area contributed by atoms with Gasteiger partial charge in [-0.3, -0.25) is 14.4 Å². The van der Waals surface area contributed by atoms with Crippen LogP contribution >= 0.6 is 0 Å². The second-order valence-electron chi connectivity index (χ2n) is 13.9. The molecule has 55 heavy (non-hydrogen) atoms. The van der Waals surface area contributed by atoms with Crippen LogP contribution in [-0.2, 0) is 28.6 Å². The molecule has 0 bridgehead atoms. The van der Waals surface area contributed by atoms with E-state index < -0.39 is 6.10 Å². The van der Waals surface area contributed by atoms with Gasteiger partial charge in [0.1, 0.15) is 13.2 Å². The fraction of sp³-hybridized carbons (Fsp3) is 0.612. The zero-order valence-electron chi connectivity index (χ0n) is 35.1. The van der Waals surface area contributed by atoms with Crippen molar-refractivity contribution in [2.45, 2.75) is 181 Å². The van der Waals surface area contributed by atoms with Crippen LogP contribution in [0.5, 0.6) is 0 Å². The topological polar surface area (TPSA) is 78.9 Å². The van der Waals surface area contributed by atoms with Gasteiger partial charge in [-0.05, 0) is 83.5 Å². The summed E-state index contributed by atoms with van der Waals surface area (Å²) in [4.78, 5) is 37.6. The Bertz CT molecular complexity index is 1150. The summed E-state index contributed by atoms with van der Waals surface area (Å²) in [5.41, 5.74) is 0. The van der Waals surface area contributed by atoms with E-state index in [1.165, 1.54) is 25.7 Å². The third-order valence-electron chi connectivity index (χ3n) is 8.69. The molecule has 0 aromatic carbocycles. The monoisotopic (exact) mass is 763 g/mol. The Morgan fingerprint density at radius 2 is 0.745 bits per heavy atom. The minimum absolute atomic E-state index is 0.105. The lowest BCUT2D eigenvalue weighted by atomic mass is 10.1. The number of allylic oxidation sites excluding steroid dienone is 16. The summed E-state index contributed by atoms with van der Waals surface area (Å²) in [5, 5.41) is 0. The molecule has 310 valence electrons. The van der Waals surface area contributed by atoms with Gasteiger partial charge in [0.2, 0.25) is 0 Å². The lowest BCUT2D eigenvalue weighted by Crippen LogP contribution is -2.30. The molecule has 0 saturated heterocycles. The highest BCUT2D eigenvalue weighted by atomic mass is 16.6. The summed E-state index contributed by atoms with van der Waals surface area (Å²) in [6.07, 6.45) is 55.4. The highest BCUT2D eigenvalue weighted by Crippen LogP contribution is 2.13. The molecular weight excluding hydrogens is 685 g/mol. The predicted octanol–water partition coefficient (Wildman–Crippen LogP) is 13.9. The first kappa shape index (κ1) is 51.3. The van der Waals surface area contributed by atoms with Crippen molar-refractivity contribution in [2.24, 2.45) is 0 Å². The smallest absolute Gasteiger partial charge is 0.306 e. The van der Waals surface area contributed by atoms with Gasteiger partial charge in [-0.25, -0.2) is 0 Å². The van der Waals surface area contributed by atoms with E-state index in [4.69, 9.17) is 14.2 Å².